The summed E-state index contributed by atoms with van der Waals surface area (Å²) in [6.45, 7) is -0.0655. The summed E-state index contributed by atoms with van der Waals surface area (Å²) in [6, 6.07) is 5.79. The number of carbonyl (C=O) groups excluding carboxylic acids is 1. The van der Waals surface area contributed by atoms with Gasteiger partial charge in [0.2, 0.25) is 0 Å². The Kier molecular flexibility index (Phi) is 3.41. The first kappa shape index (κ1) is 10.5. The summed E-state index contributed by atoms with van der Waals surface area (Å²) >= 11 is 4.94. The molecule has 0 unspecified atom stereocenters. The number of nitrogens with zero attached hydrogens (tertiary/aromatic N) is 1. The van der Waals surface area contributed by atoms with Crippen LogP contribution in [-0.2, 0) is 11.3 Å². The molecule has 0 atom stereocenters. The van der Waals surface area contributed by atoms with Crippen LogP contribution in [0.25, 0.3) is 0 Å². The van der Waals surface area contributed by atoms with Gasteiger partial charge < -0.3 is 4.74 Å². The van der Waals surface area contributed by atoms with Crippen LogP contribution in [0.15, 0.2) is 24.3 Å². The maximum absolute atomic E-state index is 10.4. The predicted octanol–water partition coefficient (Wildman–Crippen LogP) is 2.47. The number of carbonyl (C=O) groups is 1. The molecule has 0 N–H and O–H groups in total. The van der Waals surface area contributed by atoms with E-state index in [0.29, 0.717) is 5.56 Å². The number of nitro groups is 1. The first-order chi connectivity index (χ1) is 6.59. The van der Waals surface area contributed by atoms with Crippen molar-refractivity contribution in [1.82, 2.24) is 0 Å². The molecule has 1 rings (SSSR count). The molecule has 0 aliphatic heterocycles. The molecule has 0 saturated carbocycles. The fraction of sp³-hybridized carbons (Fsp3) is 0.125. The lowest BCUT2D eigenvalue weighted by atomic mass is 10.2. The third-order valence-electron chi connectivity index (χ3n) is 1.47. The summed E-state index contributed by atoms with van der Waals surface area (Å²) in [5.74, 6) is 0. The van der Waals surface area contributed by atoms with Gasteiger partial charge in [0.15, 0.2) is 0 Å². The molecule has 1 aromatic carbocycles. The number of benzene rings is 1. The first-order valence-electron chi connectivity index (χ1n) is 3.65. The van der Waals surface area contributed by atoms with Gasteiger partial charge in [-0.1, -0.05) is 12.1 Å². The van der Waals surface area contributed by atoms with Crippen LogP contribution in [0.2, 0.25) is 0 Å². The van der Waals surface area contributed by atoms with E-state index in [1.807, 2.05) is 0 Å². The smallest absolute Gasteiger partial charge is 0.404 e. The minimum atomic E-state index is -0.934. The fourth-order valence-electron chi connectivity index (χ4n) is 0.900. The van der Waals surface area contributed by atoms with Crippen LogP contribution in [0.3, 0.4) is 0 Å². The Labute approximate surface area is 84.4 Å². The van der Waals surface area contributed by atoms with Crippen LogP contribution in [0.1, 0.15) is 5.56 Å². The topological polar surface area (TPSA) is 69.4 Å². The standard InChI is InChI=1S/C8H6ClNO4/c9-8(11)14-5-6-2-1-3-7(4-6)10(12)13/h1-4H,5H2. The highest BCUT2D eigenvalue weighted by Gasteiger charge is 2.06. The van der Waals surface area contributed by atoms with Crippen LogP contribution >= 0.6 is 11.6 Å². The minimum Gasteiger partial charge on any atom is -0.449 e. The molecule has 0 heterocycles. The minimum absolute atomic E-state index is 0.0480. The Morgan fingerprint density at radius 1 is 1.57 bits per heavy atom. The van der Waals surface area contributed by atoms with Crippen molar-refractivity contribution in [3.63, 3.8) is 0 Å². The van der Waals surface area contributed by atoms with Crippen LogP contribution < -0.4 is 0 Å². The Bertz CT molecular complexity index is 366. The molecule has 0 amide bonds. The van der Waals surface area contributed by atoms with Gasteiger partial charge in [0.05, 0.1) is 4.92 Å². The summed E-state index contributed by atoms with van der Waals surface area (Å²) in [4.78, 5) is 20.1. The molecular formula is C8H6ClNO4. The quantitative estimate of drug-likeness (QED) is 0.441. The van der Waals surface area contributed by atoms with Crippen LogP contribution in [0.4, 0.5) is 10.5 Å². The average Bonchev–Trinajstić information content (AvgIpc) is 2.15. The molecule has 0 aliphatic carbocycles. The number of halogens is 1. The zero-order valence-electron chi connectivity index (χ0n) is 6.97. The maximum atomic E-state index is 10.4. The zero-order valence-corrected chi connectivity index (χ0v) is 7.73. The second-order valence-corrected chi connectivity index (χ2v) is 2.76. The normalized spacial score (nSPS) is 9.50. The van der Waals surface area contributed by atoms with Gasteiger partial charge in [0.1, 0.15) is 6.61 Å². The van der Waals surface area contributed by atoms with Crippen molar-refractivity contribution < 1.29 is 14.5 Å². The van der Waals surface area contributed by atoms with Crippen molar-refractivity contribution in [2.24, 2.45) is 0 Å². The first-order valence-corrected chi connectivity index (χ1v) is 4.03. The summed E-state index contributed by atoms with van der Waals surface area (Å²) in [6.07, 6.45) is 0. The van der Waals surface area contributed by atoms with Gasteiger partial charge in [0.25, 0.3) is 5.69 Å². The molecule has 0 fully saturated rings. The summed E-state index contributed by atoms with van der Waals surface area (Å²) < 4.78 is 4.47. The maximum Gasteiger partial charge on any atom is 0.404 e. The third-order valence-corrected chi connectivity index (χ3v) is 1.58. The van der Waals surface area contributed by atoms with Gasteiger partial charge in [0, 0.05) is 23.7 Å². The summed E-state index contributed by atoms with van der Waals surface area (Å²) in [5.41, 5.74) is -0.460. The summed E-state index contributed by atoms with van der Waals surface area (Å²) in [7, 11) is 0. The molecule has 0 radical (unpaired) electrons. The lowest BCUT2D eigenvalue weighted by Gasteiger charge is -1.99. The second kappa shape index (κ2) is 4.57. The van der Waals surface area contributed by atoms with Gasteiger partial charge in [-0.25, -0.2) is 4.79 Å². The van der Waals surface area contributed by atoms with Crippen LogP contribution in [0, 0.1) is 10.1 Å². The molecule has 0 saturated heterocycles. The molecular weight excluding hydrogens is 210 g/mol. The monoisotopic (exact) mass is 215 g/mol. The van der Waals surface area contributed by atoms with E-state index >= 15 is 0 Å². The Balaban J connectivity index is 2.73. The van der Waals surface area contributed by atoms with Gasteiger partial charge in [-0.3, -0.25) is 10.1 Å². The van der Waals surface area contributed by atoms with E-state index in [1.165, 1.54) is 18.2 Å². The number of hydrogen-bond acceptors (Lipinski definition) is 4. The summed E-state index contributed by atoms with van der Waals surface area (Å²) in [5, 5.41) is 10.4. The van der Waals surface area contributed by atoms with Crippen molar-refractivity contribution in [2.75, 3.05) is 0 Å². The number of ether oxygens (including phenoxy) is 1. The fourth-order valence-corrected chi connectivity index (χ4v) is 0.954. The van der Waals surface area contributed by atoms with Crippen molar-refractivity contribution >= 4 is 22.7 Å². The van der Waals surface area contributed by atoms with E-state index < -0.39 is 10.4 Å². The highest BCUT2D eigenvalue weighted by molar-refractivity contribution is 6.61. The van der Waals surface area contributed by atoms with Crippen LogP contribution in [0.5, 0.6) is 0 Å². The van der Waals surface area contributed by atoms with E-state index in [0.717, 1.165) is 0 Å². The van der Waals surface area contributed by atoms with E-state index in [1.54, 1.807) is 6.07 Å². The third kappa shape index (κ3) is 3.02. The van der Waals surface area contributed by atoms with Gasteiger partial charge in [-0.2, -0.15) is 0 Å². The number of rotatable bonds is 3. The van der Waals surface area contributed by atoms with E-state index in [-0.39, 0.29) is 12.3 Å². The predicted molar refractivity (Wildman–Crippen MR) is 49.1 cm³/mol. The highest BCUT2D eigenvalue weighted by Crippen LogP contribution is 2.13. The molecule has 6 heteroatoms. The van der Waals surface area contributed by atoms with Gasteiger partial charge >= 0.3 is 5.43 Å². The Morgan fingerprint density at radius 3 is 2.86 bits per heavy atom. The lowest BCUT2D eigenvalue weighted by molar-refractivity contribution is -0.384. The van der Waals surface area contributed by atoms with E-state index in [9.17, 15) is 14.9 Å². The zero-order chi connectivity index (χ0) is 10.6. The molecule has 1 aromatic rings. The highest BCUT2D eigenvalue weighted by atomic mass is 35.5. The molecule has 0 aromatic heterocycles. The van der Waals surface area contributed by atoms with Gasteiger partial charge in [-0.15, -0.1) is 0 Å². The van der Waals surface area contributed by atoms with E-state index in [4.69, 9.17) is 11.6 Å². The number of nitro benzene ring substituents is 1. The van der Waals surface area contributed by atoms with Crippen LogP contribution in [-0.4, -0.2) is 10.4 Å². The molecule has 0 aliphatic rings. The Morgan fingerprint density at radius 2 is 2.29 bits per heavy atom. The number of hydrogen-bond donors (Lipinski definition) is 0. The molecule has 14 heavy (non-hydrogen) atoms. The van der Waals surface area contributed by atoms with Crippen molar-refractivity contribution in [3.05, 3.63) is 39.9 Å². The SMILES string of the molecule is O=C(Cl)OCc1cccc([N+](=O)[O-])c1. The lowest BCUT2D eigenvalue weighted by Crippen LogP contribution is -1.96. The second-order valence-electron chi connectivity index (χ2n) is 2.45. The average molecular weight is 216 g/mol. The largest absolute Gasteiger partial charge is 0.449 e. The van der Waals surface area contributed by atoms with Crippen molar-refractivity contribution in [1.29, 1.82) is 0 Å². The molecule has 5 nitrogen and oxygen atoms in total. The van der Waals surface area contributed by atoms with Gasteiger partial charge in [-0.05, 0) is 5.56 Å². The number of non-ortho nitro benzene ring substituents is 1. The van der Waals surface area contributed by atoms with Crippen molar-refractivity contribution in [3.8, 4) is 0 Å². The molecule has 0 spiro atoms. The Hall–Kier alpha value is -1.62. The van der Waals surface area contributed by atoms with E-state index in [2.05, 4.69) is 4.74 Å². The van der Waals surface area contributed by atoms with Crippen molar-refractivity contribution in [2.45, 2.75) is 6.61 Å². The molecule has 0 bridgehead atoms. The molecule has 74 valence electrons.